The topological polar surface area (TPSA) is 226 Å². The fraction of sp³-hybridized carbons (Fsp3) is 0.938. The summed E-state index contributed by atoms with van der Waals surface area (Å²) in [7, 11) is 0. The zero-order chi connectivity index (χ0) is 33.0. The Bertz CT molecular complexity index is 1080. The van der Waals surface area contributed by atoms with E-state index in [1.165, 1.54) is 0 Å². The minimum atomic E-state index is -2.07. The average molecular weight is 644 g/mol. The molecule has 258 valence electrons. The molecule has 13 nitrogen and oxygen atoms in total. The molecule has 5 fully saturated rings. The third-order valence-corrected chi connectivity index (χ3v) is 13.0. The number of aliphatic carboxylic acids is 1. The summed E-state index contributed by atoms with van der Waals surface area (Å²) in [6.45, 7) is 6.11. The van der Waals surface area contributed by atoms with Gasteiger partial charge in [-0.25, -0.2) is 0 Å². The molecule has 0 aromatic rings. The van der Waals surface area contributed by atoms with E-state index in [0.717, 1.165) is 19.3 Å². The Morgan fingerprint density at radius 1 is 0.956 bits per heavy atom. The van der Waals surface area contributed by atoms with E-state index in [2.05, 4.69) is 26.1 Å². The van der Waals surface area contributed by atoms with E-state index < -0.39 is 67.1 Å². The van der Waals surface area contributed by atoms with Gasteiger partial charge in [-0.05, 0) is 97.7 Å². The number of aliphatic hydroxyl groups is 7. The summed E-state index contributed by atoms with van der Waals surface area (Å²) >= 11 is 0. The van der Waals surface area contributed by atoms with Crippen molar-refractivity contribution in [2.75, 3.05) is 6.54 Å². The molecular weight excluding hydrogens is 590 g/mol. The first-order chi connectivity index (χ1) is 21.1. The lowest BCUT2D eigenvalue weighted by Crippen LogP contribution is -2.63. The standard InChI is InChI=1S/C32H53NO12/c1-14(4-7-22(36)33-13-23(37)38)17-5-6-18-24-19(12-21(35)32(17,18)3)31(2)9-8-16(10-15(31)11-20(24)34)44-30-27(41)25(39)26(40)28(45-30)29(42)43/h14-21,24-30,34-35,39-43H,4-13H2,1-3H3,(H,33,36)(H,37,38)/t14-,15+,16-,17-,18+,19+,20-,21+,24+,25?,26?,27?,28?,30?,31+,32-/m1/s1. The maximum absolute atomic E-state index is 12.2. The van der Waals surface area contributed by atoms with Crippen molar-refractivity contribution in [1.82, 2.24) is 5.32 Å². The highest BCUT2D eigenvalue weighted by Gasteiger charge is 2.66. The van der Waals surface area contributed by atoms with Crippen LogP contribution in [0.15, 0.2) is 0 Å². The first-order valence-corrected chi connectivity index (χ1v) is 16.6. The van der Waals surface area contributed by atoms with Crippen molar-refractivity contribution in [3.8, 4) is 0 Å². The quantitative estimate of drug-likeness (QED) is 0.117. The molecular formula is C32H53NO12. The number of nitrogens with one attached hydrogen (secondary N) is 1. The van der Waals surface area contributed by atoms with Crippen LogP contribution in [-0.2, 0) is 19.1 Å². The molecule has 45 heavy (non-hydrogen) atoms. The molecule has 0 aromatic heterocycles. The van der Waals surface area contributed by atoms with Gasteiger partial charge in [0.1, 0.15) is 31.0 Å². The first kappa shape index (κ1) is 34.9. The van der Waals surface area contributed by atoms with Crippen LogP contribution in [-0.4, -0.2) is 115 Å². The molecule has 0 spiro atoms. The van der Waals surface area contributed by atoms with Gasteiger partial charge in [-0.15, -0.1) is 0 Å². The van der Waals surface area contributed by atoms with Gasteiger partial charge in [0.05, 0.1) is 18.3 Å². The SMILES string of the molecule is C[C@H](CCC(=O)NCC(=O)O)[C@H]1CC[C@H]2[C@@H]3[C@H](O)C[C@@H]4C[C@H](OC5OC(C(O)O)C(O)C(O)C5O)CC[C@]4(C)[C@H]3C[C@H](O)[C@]12C. The summed E-state index contributed by atoms with van der Waals surface area (Å²) in [5.74, 6) is -0.745. The van der Waals surface area contributed by atoms with E-state index >= 15 is 0 Å². The van der Waals surface area contributed by atoms with Crippen molar-refractivity contribution in [3.63, 3.8) is 0 Å². The molecule has 5 unspecified atom stereocenters. The number of carbonyl (C=O) groups is 2. The Hall–Kier alpha value is -1.42. The lowest BCUT2D eigenvalue weighted by atomic mass is 9.43. The summed E-state index contributed by atoms with van der Waals surface area (Å²) < 4.78 is 11.5. The Labute approximate surface area is 263 Å². The number of fused-ring (bicyclic) bond motifs is 5. The van der Waals surface area contributed by atoms with Gasteiger partial charge in [0.2, 0.25) is 5.91 Å². The lowest BCUT2D eigenvalue weighted by molar-refractivity contribution is -0.340. The van der Waals surface area contributed by atoms with E-state index in [1.54, 1.807) is 0 Å². The molecule has 1 amide bonds. The molecule has 5 rings (SSSR count). The van der Waals surface area contributed by atoms with Crippen LogP contribution in [0.1, 0.15) is 78.6 Å². The highest BCUT2D eigenvalue weighted by atomic mass is 16.7. The number of ether oxygens (including phenoxy) is 2. The van der Waals surface area contributed by atoms with Gasteiger partial charge in [-0.2, -0.15) is 0 Å². The van der Waals surface area contributed by atoms with Crippen LogP contribution in [0.3, 0.4) is 0 Å². The van der Waals surface area contributed by atoms with Crippen LogP contribution in [0, 0.1) is 46.3 Å². The van der Waals surface area contributed by atoms with Crippen LogP contribution in [0.25, 0.3) is 0 Å². The van der Waals surface area contributed by atoms with Crippen molar-refractivity contribution in [1.29, 1.82) is 0 Å². The molecule has 5 aliphatic rings. The summed E-state index contributed by atoms with van der Waals surface area (Å²) in [4.78, 5) is 23.0. The van der Waals surface area contributed by atoms with E-state index in [9.17, 15) is 45.3 Å². The smallest absolute Gasteiger partial charge is 0.322 e. The number of carbonyl (C=O) groups excluding carboxylic acids is 1. The molecule has 9 N–H and O–H groups in total. The van der Waals surface area contributed by atoms with Gasteiger partial charge >= 0.3 is 5.97 Å². The highest BCUT2D eigenvalue weighted by molar-refractivity contribution is 5.81. The van der Waals surface area contributed by atoms with E-state index in [0.29, 0.717) is 32.1 Å². The molecule has 1 heterocycles. The minimum absolute atomic E-state index is 0.0279. The molecule has 4 aliphatic carbocycles. The normalized spacial score (nSPS) is 48.6. The Morgan fingerprint density at radius 2 is 1.67 bits per heavy atom. The third kappa shape index (κ3) is 6.29. The van der Waals surface area contributed by atoms with Gasteiger partial charge in [-0.3, -0.25) is 9.59 Å². The highest BCUT2D eigenvalue weighted by Crippen LogP contribution is 2.68. The monoisotopic (exact) mass is 643 g/mol. The zero-order valence-electron chi connectivity index (χ0n) is 26.4. The second kappa shape index (κ2) is 13.2. The predicted molar refractivity (Wildman–Crippen MR) is 157 cm³/mol. The Morgan fingerprint density at radius 3 is 2.33 bits per heavy atom. The number of rotatable bonds is 9. The second-order valence-electron chi connectivity index (χ2n) is 15.2. The van der Waals surface area contributed by atoms with Gasteiger partial charge in [0.25, 0.3) is 0 Å². The van der Waals surface area contributed by atoms with Crippen LogP contribution in [0.2, 0.25) is 0 Å². The van der Waals surface area contributed by atoms with Gasteiger partial charge in [0, 0.05) is 6.42 Å². The number of carboxylic acid groups (broad SMARTS) is 1. The Kier molecular flexibility index (Phi) is 10.3. The maximum atomic E-state index is 12.2. The van der Waals surface area contributed by atoms with E-state index in [1.807, 2.05) is 0 Å². The molecule has 13 heteroatoms. The van der Waals surface area contributed by atoms with Crippen molar-refractivity contribution in [2.45, 2.75) is 134 Å². The van der Waals surface area contributed by atoms with Crippen molar-refractivity contribution >= 4 is 11.9 Å². The number of carboxylic acids is 1. The molecule has 1 saturated heterocycles. The van der Waals surface area contributed by atoms with E-state index in [-0.39, 0.29) is 59.4 Å². The largest absolute Gasteiger partial charge is 0.480 e. The summed E-state index contributed by atoms with van der Waals surface area (Å²) in [5.41, 5.74) is -0.570. The predicted octanol–water partition coefficient (Wildman–Crippen LogP) is -0.292. The van der Waals surface area contributed by atoms with Crippen molar-refractivity contribution < 1.29 is 59.9 Å². The summed E-state index contributed by atoms with van der Waals surface area (Å²) in [6, 6.07) is 0. The number of amides is 1. The summed E-state index contributed by atoms with van der Waals surface area (Å²) in [6.07, 6.45) is -5.74. The molecule has 0 radical (unpaired) electrons. The van der Waals surface area contributed by atoms with E-state index in [4.69, 9.17) is 14.6 Å². The van der Waals surface area contributed by atoms with Gasteiger partial charge in [-0.1, -0.05) is 20.8 Å². The molecule has 1 aliphatic heterocycles. The van der Waals surface area contributed by atoms with Crippen LogP contribution >= 0.6 is 0 Å². The van der Waals surface area contributed by atoms with Crippen molar-refractivity contribution in [2.24, 2.45) is 46.3 Å². The first-order valence-electron chi connectivity index (χ1n) is 16.6. The maximum Gasteiger partial charge on any atom is 0.322 e. The second-order valence-corrected chi connectivity index (χ2v) is 15.2. The van der Waals surface area contributed by atoms with Crippen LogP contribution in [0.5, 0.6) is 0 Å². The summed E-state index contributed by atoms with van der Waals surface area (Å²) in [5, 5.41) is 84.8. The number of hydrogen-bond donors (Lipinski definition) is 9. The minimum Gasteiger partial charge on any atom is -0.480 e. The fourth-order valence-corrected chi connectivity index (χ4v) is 10.5. The number of hydrogen-bond acceptors (Lipinski definition) is 11. The molecule has 4 saturated carbocycles. The average Bonchev–Trinajstić information content (AvgIpc) is 3.34. The van der Waals surface area contributed by atoms with Crippen molar-refractivity contribution in [3.05, 3.63) is 0 Å². The third-order valence-electron chi connectivity index (χ3n) is 13.0. The van der Waals surface area contributed by atoms with Crippen LogP contribution < -0.4 is 5.32 Å². The van der Waals surface area contributed by atoms with Crippen LogP contribution in [0.4, 0.5) is 0 Å². The molecule has 0 aromatic carbocycles. The lowest BCUT2D eigenvalue weighted by Gasteiger charge is -2.63. The number of aliphatic hydroxyl groups excluding tert-OH is 6. The van der Waals surface area contributed by atoms with Gasteiger partial charge in [0.15, 0.2) is 12.6 Å². The Balaban J connectivity index is 1.25. The molecule has 0 bridgehead atoms. The fourth-order valence-electron chi connectivity index (χ4n) is 10.5. The molecule has 16 atom stereocenters. The zero-order valence-corrected chi connectivity index (χ0v) is 26.4. The van der Waals surface area contributed by atoms with Gasteiger partial charge < -0.3 is 55.6 Å².